The van der Waals surface area contributed by atoms with Crippen molar-refractivity contribution in [2.45, 2.75) is 30.7 Å². The Morgan fingerprint density at radius 2 is 2.06 bits per heavy atom. The SMILES string of the molecule is CC(CCCO)NS(=O)(=O)c1cnc(Cl)nc1. The average Bonchev–Trinajstić information content (AvgIpc) is 2.26. The second kappa shape index (κ2) is 6.25. The Balaban J connectivity index is 2.71. The minimum atomic E-state index is -3.62. The predicted octanol–water partition coefficient (Wildman–Crippen LogP) is 0.569. The third kappa shape index (κ3) is 4.55. The molecule has 0 saturated carbocycles. The number of nitrogens with one attached hydrogen (secondary N) is 1. The highest BCUT2D eigenvalue weighted by Crippen LogP contribution is 2.09. The zero-order valence-corrected chi connectivity index (χ0v) is 10.9. The molecule has 1 aromatic rings. The molecule has 0 aromatic carbocycles. The van der Waals surface area contributed by atoms with Crippen LogP contribution in [-0.4, -0.2) is 36.1 Å². The molecule has 0 aliphatic rings. The standard InChI is InChI=1S/C9H14ClN3O3S/c1-7(3-2-4-14)13-17(15,16)8-5-11-9(10)12-6-8/h5-7,13-14H,2-4H2,1H3. The molecule has 0 saturated heterocycles. The molecule has 17 heavy (non-hydrogen) atoms. The Morgan fingerprint density at radius 3 is 2.59 bits per heavy atom. The predicted molar refractivity (Wildman–Crippen MR) is 63.1 cm³/mol. The molecule has 1 aromatic heterocycles. The number of hydrogen-bond donors (Lipinski definition) is 2. The van der Waals surface area contributed by atoms with E-state index in [0.717, 1.165) is 12.4 Å². The van der Waals surface area contributed by atoms with Gasteiger partial charge >= 0.3 is 0 Å². The fourth-order valence-corrected chi connectivity index (χ4v) is 2.49. The van der Waals surface area contributed by atoms with Gasteiger partial charge < -0.3 is 5.11 Å². The maximum atomic E-state index is 11.8. The lowest BCUT2D eigenvalue weighted by atomic mass is 10.2. The van der Waals surface area contributed by atoms with E-state index in [4.69, 9.17) is 16.7 Å². The zero-order valence-electron chi connectivity index (χ0n) is 9.30. The number of halogens is 1. The summed E-state index contributed by atoms with van der Waals surface area (Å²) in [7, 11) is -3.62. The summed E-state index contributed by atoms with van der Waals surface area (Å²) in [5.41, 5.74) is 0. The van der Waals surface area contributed by atoms with Crippen LogP contribution < -0.4 is 4.72 Å². The van der Waals surface area contributed by atoms with Crippen LogP contribution in [0.3, 0.4) is 0 Å². The first-order chi connectivity index (χ1) is 7.95. The number of hydrogen-bond acceptors (Lipinski definition) is 5. The van der Waals surface area contributed by atoms with Gasteiger partial charge in [-0.05, 0) is 31.4 Å². The fourth-order valence-electron chi connectivity index (χ4n) is 1.23. The van der Waals surface area contributed by atoms with Gasteiger partial charge in [-0.2, -0.15) is 0 Å². The molecule has 1 unspecified atom stereocenters. The van der Waals surface area contributed by atoms with Crippen LogP contribution in [0.5, 0.6) is 0 Å². The van der Waals surface area contributed by atoms with Gasteiger partial charge in [-0.1, -0.05) is 0 Å². The summed E-state index contributed by atoms with van der Waals surface area (Å²) in [5, 5.41) is 8.65. The molecule has 0 radical (unpaired) electrons. The number of aliphatic hydroxyl groups is 1. The molecule has 0 amide bonds. The minimum Gasteiger partial charge on any atom is -0.396 e. The van der Waals surface area contributed by atoms with Crippen LogP contribution in [0.15, 0.2) is 17.3 Å². The van der Waals surface area contributed by atoms with E-state index in [0.29, 0.717) is 12.8 Å². The third-order valence-electron chi connectivity index (χ3n) is 2.06. The quantitative estimate of drug-likeness (QED) is 0.743. The van der Waals surface area contributed by atoms with Gasteiger partial charge in [0.25, 0.3) is 0 Å². The van der Waals surface area contributed by atoms with Gasteiger partial charge in [0, 0.05) is 12.6 Å². The summed E-state index contributed by atoms with van der Waals surface area (Å²) in [6, 6.07) is -0.261. The summed E-state index contributed by atoms with van der Waals surface area (Å²) >= 11 is 5.47. The van der Waals surface area contributed by atoms with Crippen LogP contribution in [0.4, 0.5) is 0 Å². The number of nitrogens with zero attached hydrogens (tertiary/aromatic N) is 2. The Kier molecular flexibility index (Phi) is 5.26. The normalized spacial score (nSPS) is 13.6. The second-order valence-corrected chi connectivity index (χ2v) is 5.63. The lowest BCUT2D eigenvalue weighted by Crippen LogP contribution is -2.32. The summed E-state index contributed by atoms with van der Waals surface area (Å²) in [6.07, 6.45) is 3.40. The van der Waals surface area contributed by atoms with Crippen molar-refractivity contribution in [3.05, 3.63) is 17.7 Å². The van der Waals surface area contributed by atoms with E-state index in [2.05, 4.69) is 14.7 Å². The van der Waals surface area contributed by atoms with Crippen LogP contribution in [0.25, 0.3) is 0 Å². The number of sulfonamides is 1. The van der Waals surface area contributed by atoms with Gasteiger partial charge in [-0.25, -0.2) is 23.1 Å². The zero-order chi connectivity index (χ0) is 12.9. The van der Waals surface area contributed by atoms with Crippen LogP contribution in [-0.2, 0) is 10.0 Å². The summed E-state index contributed by atoms with van der Waals surface area (Å²) in [6.45, 7) is 1.76. The van der Waals surface area contributed by atoms with Crippen molar-refractivity contribution in [1.29, 1.82) is 0 Å². The molecule has 0 bridgehead atoms. The molecule has 6 nitrogen and oxygen atoms in total. The van der Waals surface area contributed by atoms with Gasteiger partial charge in [0.2, 0.25) is 15.3 Å². The van der Waals surface area contributed by atoms with Gasteiger partial charge in [0.15, 0.2) is 0 Å². The molecular formula is C9H14ClN3O3S. The third-order valence-corrected chi connectivity index (χ3v) is 3.80. The van der Waals surface area contributed by atoms with Crippen LogP contribution >= 0.6 is 11.6 Å². The van der Waals surface area contributed by atoms with Crippen molar-refractivity contribution in [3.63, 3.8) is 0 Å². The van der Waals surface area contributed by atoms with Crippen molar-refractivity contribution in [2.24, 2.45) is 0 Å². The van der Waals surface area contributed by atoms with Crippen LogP contribution in [0, 0.1) is 0 Å². The molecule has 8 heteroatoms. The summed E-state index contributed by atoms with van der Waals surface area (Å²) in [5.74, 6) is 0. The van der Waals surface area contributed by atoms with Crippen LogP contribution in [0.2, 0.25) is 5.28 Å². The highest BCUT2D eigenvalue weighted by Gasteiger charge is 2.17. The van der Waals surface area contributed by atoms with E-state index in [1.165, 1.54) is 0 Å². The van der Waals surface area contributed by atoms with Crippen LogP contribution in [0.1, 0.15) is 19.8 Å². The molecule has 0 aliphatic heterocycles. The van der Waals surface area contributed by atoms with Gasteiger partial charge in [-0.15, -0.1) is 0 Å². The first kappa shape index (κ1) is 14.3. The van der Waals surface area contributed by atoms with Gasteiger partial charge in [-0.3, -0.25) is 0 Å². The van der Waals surface area contributed by atoms with Crippen molar-refractivity contribution in [3.8, 4) is 0 Å². The van der Waals surface area contributed by atoms with Crippen molar-refractivity contribution in [2.75, 3.05) is 6.61 Å². The smallest absolute Gasteiger partial charge is 0.243 e. The molecule has 1 rings (SSSR count). The first-order valence-electron chi connectivity index (χ1n) is 5.06. The average molecular weight is 280 g/mol. The first-order valence-corrected chi connectivity index (χ1v) is 6.92. The minimum absolute atomic E-state index is 0.00252. The maximum absolute atomic E-state index is 11.8. The summed E-state index contributed by atoms with van der Waals surface area (Å²) < 4.78 is 26.1. The molecule has 1 atom stereocenters. The number of aliphatic hydroxyl groups excluding tert-OH is 1. The Morgan fingerprint density at radius 1 is 1.47 bits per heavy atom. The molecule has 1 heterocycles. The summed E-state index contributed by atoms with van der Waals surface area (Å²) in [4.78, 5) is 7.19. The van der Waals surface area contributed by atoms with Crippen molar-refractivity contribution < 1.29 is 13.5 Å². The topological polar surface area (TPSA) is 92.2 Å². The number of rotatable bonds is 6. The molecule has 96 valence electrons. The van der Waals surface area contributed by atoms with E-state index < -0.39 is 10.0 Å². The molecule has 0 aliphatic carbocycles. The van der Waals surface area contributed by atoms with E-state index in [1.54, 1.807) is 6.92 Å². The van der Waals surface area contributed by atoms with Gasteiger partial charge in [0.05, 0.1) is 12.4 Å². The Bertz CT molecular complexity index is 449. The van der Waals surface area contributed by atoms with Crippen molar-refractivity contribution >= 4 is 21.6 Å². The molecule has 2 N–H and O–H groups in total. The highest BCUT2D eigenvalue weighted by molar-refractivity contribution is 7.89. The van der Waals surface area contributed by atoms with E-state index in [1.807, 2.05) is 0 Å². The molecule has 0 fully saturated rings. The largest absolute Gasteiger partial charge is 0.396 e. The monoisotopic (exact) mass is 279 g/mol. The highest BCUT2D eigenvalue weighted by atomic mass is 35.5. The lowest BCUT2D eigenvalue weighted by molar-refractivity contribution is 0.279. The van der Waals surface area contributed by atoms with Crippen molar-refractivity contribution in [1.82, 2.24) is 14.7 Å². The number of aromatic nitrogens is 2. The molecular weight excluding hydrogens is 266 g/mol. The van der Waals surface area contributed by atoms with E-state index in [9.17, 15) is 8.42 Å². The van der Waals surface area contributed by atoms with Gasteiger partial charge in [0.1, 0.15) is 4.90 Å². The Labute approximate surface area is 105 Å². The Hall–Kier alpha value is -0.760. The maximum Gasteiger partial charge on any atom is 0.243 e. The second-order valence-electron chi connectivity index (χ2n) is 3.58. The lowest BCUT2D eigenvalue weighted by Gasteiger charge is -2.13. The molecule has 0 spiro atoms. The van der Waals surface area contributed by atoms with E-state index >= 15 is 0 Å². The fraction of sp³-hybridized carbons (Fsp3) is 0.556. The van der Waals surface area contributed by atoms with E-state index in [-0.39, 0.29) is 22.8 Å².